The van der Waals surface area contributed by atoms with Gasteiger partial charge in [0.15, 0.2) is 0 Å². The van der Waals surface area contributed by atoms with Crippen LogP contribution in [0.4, 0.5) is 5.69 Å². The molecule has 0 saturated carbocycles. The average molecular weight is 882 g/mol. The lowest BCUT2D eigenvalue weighted by Crippen LogP contribution is -2.18. The normalized spacial score (nSPS) is 14.3. The molecule has 0 heterocycles. The lowest BCUT2D eigenvalue weighted by Gasteiger charge is -2.30. The molecule has 334 valence electrons. The van der Waals surface area contributed by atoms with Crippen LogP contribution in [0.1, 0.15) is 113 Å². The highest BCUT2D eigenvalue weighted by atomic mass is 32.2. The number of rotatable bonds is 13. The first kappa shape index (κ1) is 46.9. The summed E-state index contributed by atoms with van der Waals surface area (Å²) in [5.41, 5.74) is 26.1. The Labute approximate surface area is 402 Å². The third-order valence-electron chi connectivity index (χ3n) is 14.1. The summed E-state index contributed by atoms with van der Waals surface area (Å²) in [4.78, 5) is 7.01. The largest absolute Gasteiger partial charge is 0.253 e. The molecule has 0 bridgehead atoms. The van der Waals surface area contributed by atoms with E-state index >= 15 is 0 Å². The van der Waals surface area contributed by atoms with Crippen molar-refractivity contribution >= 4 is 40.6 Å². The zero-order valence-electron chi connectivity index (χ0n) is 41.5. The molecule has 6 aromatic rings. The molecule has 8 rings (SSSR count). The zero-order valence-corrected chi connectivity index (χ0v) is 42.3. The first-order valence-electron chi connectivity index (χ1n) is 24.2. The van der Waals surface area contributed by atoms with Gasteiger partial charge >= 0.3 is 0 Å². The quantitative estimate of drug-likeness (QED) is 0.0638. The molecule has 0 unspecified atom stereocenters. The SMILES string of the molecule is C\C=C/C(=C\C(C)=N\c1c(-c2ccc(C3=C(SBc4cccc5c4Cc4ccccc4-5)C=CCC3)c(C)c2)ccc(-c2cccc(-c3ccccc3C)c2C)c1C)C(C)(C)CCC(C)(C)C. The Morgan fingerprint density at radius 3 is 2.06 bits per heavy atom. The van der Waals surface area contributed by atoms with Gasteiger partial charge in [-0.05, 0) is 180 Å². The lowest BCUT2D eigenvalue weighted by molar-refractivity contribution is 0.292. The first-order chi connectivity index (χ1) is 31.6. The minimum absolute atomic E-state index is 0.00344. The number of aliphatic imine (C=N–C) groups is 1. The number of fused-ring (bicyclic) bond motifs is 3. The molecule has 0 atom stereocenters. The van der Waals surface area contributed by atoms with Crippen LogP contribution in [0.5, 0.6) is 0 Å². The van der Waals surface area contributed by atoms with Gasteiger partial charge in [0.25, 0.3) is 0 Å². The summed E-state index contributed by atoms with van der Waals surface area (Å²) in [6.45, 7) is 26.1. The molecule has 66 heavy (non-hydrogen) atoms. The number of aryl methyl sites for hydroxylation is 2. The molecule has 0 fully saturated rings. The molecule has 6 aromatic carbocycles. The van der Waals surface area contributed by atoms with Crippen LogP contribution in [0.2, 0.25) is 0 Å². The standard InChI is InChI=1S/C63H68BNS/c1-12-21-48(63(10,11)37-36-62(7,8)9)39-43(4)65-61-45(6)53(52-28-19-27-51(44(52)5)49-24-15-13-22-41(49)2)34-35-55(61)47-32-33-50(42(3)38-47)57-26-17-18-31-60(57)66-64-59-30-20-29-56-54-25-16-14-23-46(54)40-58(56)59/h12-16,18-25,27-35,38-39,64H,17,26,36-37,40H2,1-11H3/b21-12-,48-39+,65-43+. The van der Waals surface area contributed by atoms with Crippen molar-refractivity contribution in [1.82, 2.24) is 0 Å². The van der Waals surface area contributed by atoms with Crippen LogP contribution in [0.3, 0.4) is 0 Å². The summed E-state index contributed by atoms with van der Waals surface area (Å²) in [7, 11) is 0. The van der Waals surface area contributed by atoms with Gasteiger partial charge in [-0.1, -0.05) is 180 Å². The number of nitrogens with zero attached hydrogens (tertiary/aromatic N) is 1. The van der Waals surface area contributed by atoms with E-state index in [2.05, 4.69) is 222 Å². The molecular formula is C63H68BNS. The van der Waals surface area contributed by atoms with Gasteiger partial charge in [0, 0.05) is 16.2 Å². The van der Waals surface area contributed by atoms with Crippen molar-refractivity contribution in [1.29, 1.82) is 0 Å². The van der Waals surface area contributed by atoms with Crippen LogP contribution in [-0.4, -0.2) is 12.3 Å². The van der Waals surface area contributed by atoms with Gasteiger partial charge in [0.05, 0.1) is 5.69 Å². The topological polar surface area (TPSA) is 12.4 Å². The maximum atomic E-state index is 5.62. The smallest absolute Gasteiger partial charge is 0.231 e. The van der Waals surface area contributed by atoms with E-state index < -0.39 is 0 Å². The Hall–Kier alpha value is -5.64. The Bertz CT molecular complexity index is 2960. The maximum absolute atomic E-state index is 5.62. The predicted molar refractivity (Wildman–Crippen MR) is 294 cm³/mol. The van der Waals surface area contributed by atoms with Gasteiger partial charge in [-0.15, -0.1) is 0 Å². The highest BCUT2D eigenvalue weighted by Gasteiger charge is 2.26. The van der Waals surface area contributed by atoms with Crippen molar-refractivity contribution in [3.05, 3.63) is 195 Å². The van der Waals surface area contributed by atoms with E-state index in [1.807, 2.05) is 11.6 Å². The Kier molecular flexibility index (Phi) is 14.0. The second-order valence-corrected chi connectivity index (χ2v) is 21.6. The van der Waals surface area contributed by atoms with Crippen LogP contribution in [0.15, 0.2) is 161 Å². The highest BCUT2D eigenvalue weighted by molar-refractivity contribution is 8.26. The minimum atomic E-state index is 0.00344. The third kappa shape index (κ3) is 10.0. The number of hydrogen-bond acceptors (Lipinski definition) is 2. The molecular weight excluding hydrogens is 814 g/mol. The average Bonchev–Trinajstić information content (AvgIpc) is 3.68. The molecule has 0 spiro atoms. The zero-order chi connectivity index (χ0) is 46.8. The Balaban J connectivity index is 1.19. The second kappa shape index (κ2) is 19.7. The summed E-state index contributed by atoms with van der Waals surface area (Å²) in [6, 6.07) is 43.1. The second-order valence-electron chi connectivity index (χ2n) is 20.6. The Morgan fingerprint density at radius 2 is 1.32 bits per heavy atom. The van der Waals surface area contributed by atoms with E-state index in [1.54, 1.807) is 0 Å². The fourth-order valence-electron chi connectivity index (χ4n) is 10.1. The van der Waals surface area contributed by atoms with Crippen molar-refractivity contribution in [2.24, 2.45) is 15.8 Å². The van der Waals surface area contributed by atoms with Crippen molar-refractivity contribution in [3.8, 4) is 44.5 Å². The van der Waals surface area contributed by atoms with Crippen LogP contribution in [-0.2, 0) is 6.42 Å². The molecule has 0 radical (unpaired) electrons. The molecule has 2 aliphatic carbocycles. The van der Waals surface area contributed by atoms with Gasteiger partial charge in [-0.2, -0.15) is 11.6 Å². The molecule has 0 aromatic heterocycles. The fraction of sp³-hybridized carbons (Fsp3) is 0.286. The van der Waals surface area contributed by atoms with Crippen molar-refractivity contribution < 1.29 is 0 Å². The predicted octanol–water partition coefficient (Wildman–Crippen LogP) is 17.4. The van der Waals surface area contributed by atoms with Gasteiger partial charge in [-0.3, -0.25) is 4.99 Å². The molecule has 2 aliphatic rings. The van der Waals surface area contributed by atoms with Crippen LogP contribution < -0.4 is 5.46 Å². The highest BCUT2D eigenvalue weighted by Crippen LogP contribution is 2.45. The van der Waals surface area contributed by atoms with Crippen molar-refractivity contribution in [2.45, 2.75) is 108 Å². The lowest BCUT2D eigenvalue weighted by atomic mass is 9.75. The Morgan fingerprint density at radius 1 is 0.667 bits per heavy atom. The molecule has 3 heteroatoms. The van der Waals surface area contributed by atoms with E-state index in [4.69, 9.17) is 4.99 Å². The monoisotopic (exact) mass is 882 g/mol. The van der Waals surface area contributed by atoms with E-state index in [1.165, 1.54) is 99.4 Å². The molecule has 0 N–H and O–H groups in total. The van der Waals surface area contributed by atoms with E-state index in [0.717, 1.165) is 55.6 Å². The van der Waals surface area contributed by atoms with Gasteiger partial charge in [0.2, 0.25) is 6.56 Å². The summed E-state index contributed by atoms with van der Waals surface area (Å²) < 4.78 is 0. The first-order valence-corrected chi connectivity index (χ1v) is 25.1. The summed E-state index contributed by atoms with van der Waals surface area (Å²) in [6.07, 6.45) is 16.9. The minimum Gasteiger partial charge on any atom is -0.253 e. The number of benzene rings is 6. The van der Waals surface area contributed by atoms with Crippen molar-refractivity contribution in [3.63, 3.8) is 0 Å². The van der Waals surface area contributed by atoms with Crippen LogP contribution in [0, 0.1) is 38.5 Å². The van der Waals surface area contributed by atoms with E-state index in [9.17, 15) is 0 Å². The van der Waals surface area contributed by atoms with E-state index in [-0.39, 0.29) is 10.8 Å². The van der Waals surface area contributed by atoms with Gasteiger partial charge in [-0.25, -0.2) is 0 Å². The van der Waals surface area contributed by atoms with Crippen LogP contribution >= 0.6 is 11.6 Å². The molecule has 1 nitrogen and oxygen atoms in total. The third-order valence-corrected chi connectivity index (χ3v) is 15.2. The summed E-state index contributed by atoms with van der Waals surface area (Å²) in [5.74, 6) is 0. The van der Waals surface area contributed by atoms with Gasteiger partial charge in [0.1, 0.15) is 0 Å². The number of hydrogen-bond donors (Lipinski definition) is 0. The van der Waals surface area contributed by atoms with Crippen molar-refractivity contribution in [2.75, 3.05) is 0 Å². The van der Waals surface area contributed by atoms with E-state index in [0.29, 0.717) is 0 Å². The summed E-state index contributed by atoms with van der Waals surface area (Å²) in [5, 5.41) is 0. The summed E-state index contributed by atoms with van der Waals surface area (Å²) >= 11 is 2.00. The fourth-order valence-corrected chi connectivity index (χ4v) is 11.3. The molecule has 0 amide bonds. The molecule has 0 saturated heterocycles. The number of allylic oxidation sites excluding steroid dienone is 7. The maximum Gasteiger partial charge on any atom is 0.231 e. The molecule has 0 aliphatic heterocycles. The van der Waals surface area contributed by atoms with Crippen LogP contribution in [0.25, 0.3) is 50.1 Å². The van der Waals surface area contributed by atoms with Gasteiger partial charge < -0.3 is 0 Å².